The maximum atomic E-state index is 12.2. The molecule has 1 fully saturated rings. The van der Waals surface area contributed by atoms with Crippen LogP contribution in [0.3, 0.4) is 0 Å². The van der Waals surface area contributed by atoms with Gasteiger partial charge in [-0.15, -0.1) is 0 Å². The Labute approximate surface area is 116 Å². The van der Waals surface area contributed by atoms with Gasteiger partial charge in [0.2, 0.25) is 10.0 Å². The third-order valence-electron chi connectivity index (χ3n) is 3.25. The van der Waals surface area contributed by atoms with E-state index in [-0.39, 0.29) is 17.8 Å². The van der Waals surface area contributed by atoms with Gasteiger partial charge in [-0.1, -0.05) is 6.07 Å². The van der Waals surface area contributed by atoms with E-state index in [2.05, 4.69) is 4.72 Å². The number of hydrogen-bond donors (Lipinski definition) is 2. The van der Waals surface area contributed by atoms with Gasteiger partial charge in [0.15, 0.2) is 4.90 Å². The minimum Gasteiger partial charge on any atom is -0.393 e. The van der Waals surface area contributed by atoms with Crippen LogP contribution in [0.5, 0.6) is 0 Å². The van der Waals surface area contributed by atoms with E-state index in [1.54, 1.807) is 7.11 Å². The zero-order valence-electron chi connectivity index (χ0n) is 10.8. The lowest BCUT2D eigenvalue weighted by Crippen LogP contribution is -2.47. The quantitative estimate of drug-likeness (QED) is 0.467. The SMILES string of the molecule is COC1CC(NS(=O)(=O)c2cccc(N)c2[N+](=O)[O-])C1. The minimum atomic E-state index is -3.98. The normalized spacial score (nSPS) is 22.2. The van der Waals surface area contributed by atoms with Crippen molar-refractivity contribution in [1.82, 2.24) is 4.72 Å². The molecule has 1 saturated carbocycles. The molecule has 1 aliphatic carbocycles. The van der Waals surface area contributed by atoms with Crippen LogP contribution in [0, 0.1) is 10.1 Å². The average Bonchev–Trinajstić information content (AvgIpc) is 2.32. The van der Waals surface area contributed by atoms with Gasteiger partial charge in [-0.3, -0.25) is 10.1 Å². The van der Waals surface area contributed by atoms with E-state index in [9.17, 15) is 18.5 Å². The molecular weight excluding hydrogens is 286 g/mol. The summed E-state index contributed by atoms with van der Waals surface area (Å²) in [6, 6.07) is 3.56. The predicted octanol–water partition coefficient (Wildman–Crippen LogP) is 0.633. The summed E-state index contributed by atoms with van der Waals surface area (Å²) in [5.41, 5.74) is 4.71. The highest BCUT2D eigenvalue weighted by atomic mass is 32.2. The van der Waals surface area contributed by atoms with Crippen molar-refractivity contribution in [3.8, 4) is 0 Å². The Hall–Kier alpha value is -1.71. The number of anilines is 1. The van der Waals surface area contributed by atoms with Crippen LogP contribution in [0.4, 0.5) is 11.4 Å². The lowest BCUT2D eigenvalue weighted by atomic mass is 9.90. The van der Waals surface area contributed by atoms with Gasteiger partial charge in [0.05, 0.1) is 11.0 Å². The molecule has 0 aromatic heterocycles. The van der Waals surface area contributed by atoms with E-state index in [4.69, 9.17) is 10.5 Å². The van der Waals surface area contributed by atoms with Gasteiger partial charge in [0, 0.05) is 13.2 Å². The molecule has 110 valence electrons. The predicted molar refractivity (Wildman–Crippen MR) is 71.6 cm³/mol. The fourth-order valence-electron chi connectivity index (χ4n) is 2.09. The number of nitro benzene ring substituents is 1. The Kier molecular flexibility index (Phi) is 3.93. The Bertz CT molecular complexity index is 625. The molecule has 0 aliphatic heterocycles. The summed E-state index contributed by atoms with van der Waals surface area (Å²) in [6.07, 6.45) is 1.12. The van der Waals surface area contributed by atoms with Crippen molar-refractivity contribution >= 4 is 21.4 Å². The second-order valence-corrected chi connectivity index (χ2v) is 6.28. The highest BCUT2D eigenvalue weighted by molar-refractivity contribution is 7.89. The summed E-state index contributed by atoms with van der Waals surface area (Å²) >= 11 is 0. The molecular formula is C11H15N3O5S. The Morgan fingerprint density at radius 1 is 1.45 bits per heavy atom. The lowest BCUT2D eigenvalue weighted by molar-refractivity contribution is -0.386. The van der Waals surface area contributed by atoms with Gasteiger partial charge >= 0.3 is 5.69 Å². The first kappa shape index (κ1) is 14.7. The van der Waals surface area contributed by atoms with Gasteiger partial charge in [0.1, 0.15) is 5.69 Å². The van der Waals surface area contributed by atoms with E-state index in [0.29, 0.717) is 12.8 Å². The van der Waals surface area contributed by atoms with Crippen LogP contribution in [0.2, 0.25) is 0 Å². The van der Waals surface area contributed by atoms with Gasteiger partial charge in [-0.05, 0) is 25.0 Å². The van der Waals surface area contributed by atoms with Gasteiger partial charge < -0.3 is 10.5 Å². The molecule has 0 heterocycles. The molecule has 1 aromatic rings. The number of benzene rings is 1. The molecule has 0 atom stereocenters. The summed E-state index contributed by atoms with van der Waals surface area (Å²) in [6.45, 7) is 0. The number of ether oxygens (including phenoxy) is 1. The van der Waals surface area contributed by atoms with Gasteiger partial charge in [-0.25, -0.2) is 13.1 Å². The monoisotopic (exact) mass is 301 g/mol. The molecule has 0 radical (unpaired) electrons. The molecule has 0 spiro atoms. The van der Waals surface area contributed by atoms with Crippen LogP contribution < -0.4 is 10.5 Å². The molecule has 20 heavy (non-hydrogen) atoms. The number of nitrogens with two attached hydrogens (primary N) is 1. The zero-order chi connectivity index (χ0) is 14.9. The summed E-state index contributed by atoms with van der Waals surface area (Å²) in [5.74, 6) is 0. The van der Waals surface area contributed by atoms with Crippen LogP contribution in [-0.4, -0.2) is 32.6 Å². The molecule has 8 nitrogen and oxygen atoms in total. The van der Waals surface area contributed by atoms with Crippen molar-refractivity contribution in [3.63, 3.8) is 0 Å². The standard InChI is InChI=1S/C11H15N3O5S/c1-19-8-5-7(6-8)13-20(17,18)10-4-2-3-9(12)11(10)14(15)16/h2-4,7-8,13H,5-6,12H2,1H3. The number of nitrogen functional groups attached to an aromatic ring is 1. The first-order valence-electron chi connectivity index (χ1n) is 5.93. The van der Waals surface area contributed by atoms with E-state index in [0.717, 1.165) is 0 Å². The minimum absolute atomic E-state index is 0.0264. The maximum absolute atomic E-state index is 12.2. The number of nitrogens with one attached hydrogen (secondary N) is 1. The van der Waals surface area contributed by atoms with Crippen molar-refractivity contribution in [2.45, 2.75) is 29.9 Å². The molecule has 0 bridgehead atoms. The van der Waals surface area contributed by atoms with Gasteiger partial charge in [0.25, 0.3) is 0 Å². The third kappa shape index (κ3) is 2.74. The number of para-hydroxylation sites is 1. The molecule has 3 N–H and O–H groups in total. The van der Waals surface area contributed by atoms with Crippen molar-refractivity contribution in [3.05, 3.63) is 28.3 Å². The van der Waals surface area contributed by atoms with Crippen LogP contribution in [0.1, 0.15) is 12.8 Å². The average molecular weight is 301 g/mol. The van der Waals surface area contributed by atoms with Crippen molar-refractivity contribution in [1.29, 1.82) is 0 Å². The number of hydrogen-bond acceptors (Lipinski definition) is 6. The first-order valence-corrected chi connectivity index (χ1v) is 7.41. The second-order valence-electron chi connectivity index (χ2n) is 4.60. The summed E-state index contributed by atoms with van der Waals surface area (Å²) in [4.78, 5) is 9.77. The molecule has 2 rings (SSSR count). The van der Waals surface area contributed by atoms with Crippen molar-refractivity contribution in [2.75, 3.05) is 12.8 Å². The van der Waals surface area contributed by atoms with Gasteiger partial charge in [-0.2, -0.15) is 0 Å². The molecule has 1 aromatic carbocycles. The summed E-state index contributed by atoms with van der Waals surface area (Å²) in [7, 11) is -2.42. The fraction of sp³-hybridized carbons (Fsp3) is 0.455. The Balaban J connectivity index is 2.26. The Morgan fingerprint density at radius 3 is 2.65 bits per heavy atom. The van der Waals surface area contributed by atoms with E-state index < -0.39 is 25.5 Å². The molecule has 0 saturated heterocycles. The summed E-state index contributed by atoms with van der Waals surface area (Å²) < 4.78 is 31.9. The first-order chi connectivity index (χ1) is 9.35. The maximum Gasteiger partial charge on any atom is 0.312 e. The number of methoxy groups -OCH3 is 1. The number of nitrogens with zero attached hydrogens (tertiary/aromatic N) is 1. The molecule has 0 amide bonds. The van der Waals surface area contributed by atoms with Crippen molar-refractivity contribution in [2.24, 2.45) is 0 Å². The number of nitro groups is 1. The zero-order valence-corrected chi connectivity index (χ0v) is 11.6. The fourth-order valence-corrected chi connectivity index (χ4v) is 3.55. The highest BCUT2D eigenvalue weighted by Crippen LogP contribution is 2.31. The van der Waals surface area contributed by atoms with Crippen LogP contribution in [0.15, 0.2) is 23.1 Å². The second kappa shape index (κ2) is 5.35. The van der Waals surface area contributed by atoms with E-state index in [1.165, 1.54) is 18.2 Å². The number of sulfonamides is 1. The smallest absolute Gasteiger partial charge is 0.312 e. The van der Waals surface area contributed by atoms with Crippen LogP contribution in [-0.2, 0) is 14.8 Å². The largest absolute Gasteiger partial charge is 0.393 e. The van der Waals surface area contributed by atoms with E-state index >= 15 is 0 Å². The molecule has 0 unspecified atom stereocenters. The Morgan fingerprint density at radius 2 is 2.10 bits per heavy atom. The number of rotatable bonds is 5. The van der Waals surface area contributed by atoms with Crippen LogP contribution >= 0.6 is 0 Å². The third-order valence-corrected chi connectivity index (χ3v) is 4.80. The summed E-state index contributed by atoms with van der Waals surface area (Å²) in [5, 5.41) is 11.0. The molecule has 1 aliphatic rings. The van der Waals surface area contributed by atoms with Crippen LogP contribution in [0.25, 0.3) is 0 Å². The lowest BCUT2D eigenvalue weighted by Gasteiger charge is -2.34. The topological polar surface area (TPSA) is 125 Å². The highest BCUT2D eigenvalue weighted by Gasteiger charge is 2.35. The molecule has 9 heteroatoms. The van der Waals surface area contributed by atoms with E-state index in [1.807, 2.05) is 0 Å². The van der Waals surface area contributed by atoms with Crippen molar-refractivity contribution < 1.29 is 18.1 Å².